The van der Waals surface area contributed by atoms with Crippen molar-refractivity contribution in [3.8, 4) is 5.75 Å². The van der Waals surface area contributed by atoms with Crippen LogP contribution in [0.2, 0.25) is 0 Å². The fourth-order valence-corrected chi connectivity index (χ4v) is 3.86. The average Bonchev–Trinajstić information content (AvgIpc) is 3.14. The van der Waals surface area contributed by atoms with Crippen molar-refractivity contribution in [1.82, 2.24) is 14.5 Å². The number of carbonyl (C=O) groups is 1. The van der Waals surface area contributed by atoms with E-state index in [4.69, 9.17) is 4.74 Å². The van der Waals surface area contributed by atoms with Crippen LogP contribution in [0, 0.1) is 0 Å². The van der Waals surface area contributed by atoms with Gasteiger partial charge in [-0.05, 0) is 59.8 Å². The van der Waals surface area contributed by atoms with Crippen LogP contribution in [0.5, 0.6) is 5.75 Å². The number of ether oxygens (including phenoxy) is 1. The first-order valence-electron chi connectivity index (χ1n) is 8.55. The van der Waals surface area contributed by atoms with Crippen LogP contribution in [-0.2, 0) is 18.9 Å². The molecule has 0 radical (unpaired) electrons. The molecule has 8 heteroatoms. The van der Waals surface area contributed by atoms with Gasteiger partial charge in [-0.2, -0.15) is 0 Å². The van der Waals surface area contributed by atoms with E-state index in [1.807, 2.05) is 42.5 Å². The highest BCUT2D eigenvalue weighted by molar-refractivity contribution is 8.18. The summed E-state index contributed by atoms with van der Waals surface area (Å²) in [5.74, 6) is 0.553. The number of imidazole rings is 1. The lowest BCUT2D eigenvalue weighted by Crippen LogP contribution is -2.19. The van der Waals surface area contributed by atoms with E-state index in [0.29, 0.717) is 10.1 Å². The van der Waals surface area contributed by atoms with Crippen LogP contribution in [0.15, 0.2) is 57.2 Å². The number of hydrogen-bond donors (Lipinski definition) is 1. The predicted molar refractivity (Wildman–Crippen MR) is 112 cm³/mol. The van der Waals surface area contributed by atoms with Gasteiger partial charge in [0.05, 0.1) is 28.7 Å². The van der Waals surface area contributed by atoms with Gasteiger partial charge in [0.2, 0.25) is 0 Å². The van der Waals surface area contributed by atoms with Crippen LogP contribution in [0.3, 0.4) is 0 Å². The summed E-state index contributed by atoms with van der Waals surface area (Å²) in [5.41, 5.74) is 3.15. The third-order valence-electron chi connectivity index (χ3n) is 4.55. The minimum absolute atomic E-state index is 0.0818. The molecule has 2 aromatic carbocycles. The number of aromatic nitrogens is 2. The van der Waals surface area contributed by atoms with Gasteiger partial charge in [0.25, 0.3) is 5.91 Å². The number of thioether (sulfide) groups is 1. The van der Waals surface area contributed by atoms with E-state index in [-0.39, 0.29) is 11.6 Å². The molecule has 0 saturated carbocycles. The SMILES string of the molecule is COc1ccc(N=C2NC(=O)/C(=C\c3ccc4c(c3)n(C)c(=O)n4C)S2)cc1. The van der Waals surface area contributed by atoms with E-state index < -0.39 is 0 Å². The first-order valence-corrected chi connectivity index (χ1v) is 9.37. The second kappa shape index (κ2) is 7.05. The zero-order valence-corrected chi connectivity index (χ0v) is 16.4. The smallest absolute Gasteiger partial charge is 0.328 e. The fourth-order valence-electron chi connectivity index (χ4n) is 3.02. The Bertz CT molecular complexity index is 1200. The van der Waals surface area contributed by atoms with Crippen molar-refractivity contribution in [2.45, 2.75) is 0 Å². The summed E-state index contributed by atoms with van der Waals surface area (Å²) in [4.78, 5) is 29.4. The van der Waals surface area contributed by atoms with Gasteiger partial charge in [-0.15, -0.1) is 0 Å². The highest BCUT2D eigenvalue weighted by Gasteiger charge is 2.24. The molecule has 3 aromatic rings. The number of aliphatic imine (C=N–C) groups is 1. The first kappa shape index (κ1) is 18.1. The Labute approximate surface area is 165 Å². The molecule has 1 fully saturated rings. The van der Waals surface area contributed by atoms with Crippen LogP contribution in [0.25, 0.3) is 17.1 Å². The van der Waals surface area contributed by atoms with E-state index in [1.165, 1.54) is 11.8 Å². The number of fused-ring (bicyclic) bond motifs is 1. The topological polar surface area (TPSA) is 77.6 Å². The number of amidine groups is 1. The molecule has 1 aliphatic heterocycles. The molecule has 1 aliphatic rings. The van der Waals surface area contributed by atoms with E-state index in [9.17, 15) is 9.59 Å². The molecular formula is C20H18N4O3S. The number of amides is 1. The number of hydrogen-bond acceptors (Lipinski definition) is 5. The molecule has 7 nitrogen and oxygen atoms in total. The molecular weight excluding hydrogens is 376 g/mol. The monoisotopic (exact) mass is 394 g/mol. The Morgan fingerprint density at radius 2 is 1.75 bits per heavy atom. The van der Waals surface area contributed by atoms with Crippen molar-refractivity contribution in [3.63, 3.8) is 0 Å². The number of carbonyl (C=O) groups excluding carboxylic acids is 1. The van der Waals surface area contributed by atoms with Crippen molar-refractivity contribution in [1.29, 1.82) is 0 Å². The number of rotatable bonds is 3. The number of nitrogens with zero attached hydrogens (tertiary/aromatic N) is 3. The number of benzene rings is 2. The highest BCUT2D eigenvalue weighted by atomic mass is 32.2. The minimum Gasteiger partial charge on any atom is -0.497 e. The quantitative estimate of drug-likeness (QED) is 0.693. The molecule has 1 saturated heterocycles. The largest absolute Gasteiger partial charge is 0.497 e. The molecule has 0 aliphatic carbocycles. The molecule has 28 heavy (non-hydrogen) atoms. The van der Waals surface area contributed by atoms with Crippen LogP contribution >= 0.6 is 11.8 Å². The molecule has 2 heterocycles. The summed E-state index contributed by atoms with van der Waals surface area (Å²) in [6.07, 6.45) is 1.80. The van der Waals surface area contributed by atoms with Crippen molar-refractivity contribution in [2.24, 2.45) is 19.1 Å². The Morgan fingerprint density at radius 3 is 2.46 bits per heavy atom. The lowest BCUT2D eigenvalue weighted by molar-refractivity contribution is -0.115. The number of nitrogens with one attached hydrogen (secondary N) is 1. The van der Waals surface area contributed by atoms with Crippen molar-refractivity contribution < 1.29 is 9.53 Å². The standard InChI is InChI=1S/C20H18N4O3S/c1-23-15-9-4-12(10-16(15)24(2)20(23)26)11-17-18(25)22-19(28-17)21-13-5-7-14(27-3)8-6-13/h4-11H,1-3H3,(H,21,22,25)/b17-11+. The van der Waals surface area contributed by atoms with Gasteiger partial charge in [0.1, 0.15) is 5.75 Å². The van der Waals surface area contributed by atoms with Gasteiger partial charge in [0.15, 0.2) is 5.17 Å². The highest BCUT2D eigenvalue weighted by Crippen LogP contribution is 2.29. The summed E-state index contributed by atoms with van der Waals surface area (Å²) in [7, 11) is 5.08. The Balaban J connectivity index is 1.62. The molecule has 1 N–H and O–H groups in total. The summed E-state index contributed by atoms with van der Waals surface area (Å²) in [6, 6.07) is 13.0. The van der Waals surface area contributed by atoms with Crippen LogP contribution in [-0.4, -0.2) is 27.3 Å². The average molecular weight is 394 g/mol. The van der Waals surface area contributed by atoms with E-state index >= 15 is 0 Å². The Kier molecular flexibility index (Phi) is 4.56. The second-order valence-corrected chi connectivity index (χ2v) is 7.36. The van der Waals surface area contributed by atoms with Crippen molar-refractivity contribution in [3.05, 3.63) is 63.4 Å². The first-order chi connectivity index (χ1) is 13.5. The number of methoxy groups -OCH3 is 1. The summed E-state index contributed by atoms with van der Waals surface area (Å²) in [6.45, 7) is 0. The lowest BCUT2D eigenvalue weighted by atomic mass is 10.2. The van der Waals surface area contributed by atoms with Gasteiger partial charge in [-0.25, -0.2) is 9.79 Å². The van der Waals surface area contributed by atoms with Gasteiger partial charge < -0.3 is 10.1 Å². The van der Waals surface area contributed by atoms with Gasteiger partial charge in [0, 0.05) is 14.1 Å². The third kappa shape index (κ3) is 3.22. The normalized spacial score (nSPS) is 16.9. The molecule has 4 rings (SSSR count). The molecule has 0 unspecified atom stereocenters. The molecule has 142 valence electrons. The maximum absolute atomic E-state index is 12.3. The van der Waals surface area contributed by atoms with Crippen molar-refractivity contribution >= 4 is 45.6 Å². The van der Waals surface area contributed by atoms with Gasteiger partial charge in [-0.3, -0.25) is 13.9 Å². The number of aryl methyl sites for hydroxylation is 2. The summed E-state index contributed by atoms with van der Waals surface area (Å²) in [5, 5.41) is 3.30. The fraction of sp³-hybridized carbons (Fsp3) is 0.150. The molecule has 0 atom stereocenters. The zero-order chi connectivity index (χ0) is 19.8. The Hall–Kier alpha value is -3.26. The van der Waals surface area contributed by atoms with Crippen LogP contribution in [0.1, 0.15) is 5.56 Å². The zero-order valence-electron chi connectivity index (χ0n) is 15.6. The van der Waals surface area contributed by atoms with E-state index in [2.05, 4.69) is 10.3 Å². The summed E-state index contributed by atoms with van der Waals surface area (Å²) < 4.78 is 8.33. The molecule has 0 spiro atoms. The Morgan fingerprint density at radius 1 is 1.04 bits per heavy atom. The third-order valence-corrected chi connectivity index (χ3v) is 5.46. The minimum atomic E-state index is -0.195. The van der Waals surface area contributed by atoms with Gasteiger partial charge >= 0.3 is 5.69 Å². The van der Waals surface area contributed by atoms with Crippen molar-refractivity contribution in [2.75, 3.05) is 7.11 Å². The summed E-state index contributed by atoms with van der Waals surface area (Å²) >= 11 is 1.28. The predicted octanol–water partition coefficient (Wildman–Crippen LogP) is 2.78. The van der Waals surface area contributed by atoms with E-state index in [1.54, 1.807) is 36.4 Å². The van der Waals surface area contributed by atoms with E-state index in [0.717, 1.165) is 28.0 Å². The lowest BCUT2D eigenvalue weighted by Gasteiger charge is -2.00. The molecule has 1 amide bonds. The van der Waals surface area contributed by atoms with Gasteiger partial charge in [-0.1, -0.05) is 6.07 Å². The van der Waals surface area contributed by atoms with Crippen LogP contribution < -0.4 is 15.7 Å². The van der Waals surface area contributed by atoms with Crippen LogP contribution in [0.4, 0.5) is 5.69 Å². The maximum Gasteiger partial charge on any atom is 0.328 e. The molecule has 1 aromatic heterocycles. The maximum atomic E-state index is 12.3. The second-order valence-electron chi connectivity index (χ2n) is 6.33. The molecule has 0 bridgehead atoms.